The predicted molar refractivity (Wildman–Crippen MR) is 105 cm³/mol. The molecule has 0 bridgehead atoms. The van der Waals surface area contributed by atoms with E-state index in [9.17, 15) is 0 Å². The first-order valence-corrected chi connectivity index (χ1v) is 9.93. The minimum absolute atomic E-state index is 0.0951. The molecule has 26 heavy (non-hydrogen) atoms. The van der Waals surface area contributed by atoms with Gasteiger partial charge in [-0.05, 0) is 37.0 Å². The molecule has 0 saturated carbocycles. The fraction of sp³-hybridized carbons (Fsp3) is 0.810. The smallest absolute Gasteiger partial charge is 0.221 e. The molecule has 148 valence electrons. The summed E-state index contributed by atoms with van der Waals surface area (Å²) in [5.74, 6) is 3.90. The molecule has 1 aliphatic carbocycles. The van der Waals surface area contributed by atoms with Gasteiger partial charge in [-0.25, -0.2) is 0 Å². The van der Waals surface area contributed by atoms with Crippen LogP contribution in [-0.4, -0.2) is 37.0 Å². The third-order valence-electron chi connectivity index (χ3n) is 5.48. The van der Waals surface area contributed by atoms with Gasteiger partial charge in [-0.2, -0.15) is 0 Å². The van der Waals surface area contributed by atoms with Gasteiger partial charge in [-0.3, -0.25) is 0 Å². The van der Waals surface area contributed by atoms with E-state index < -0.39 is 0 Å². The second kappa shape index (κ2) is 9.14. The minimum atomic E-state index is -0.0951. The average Bonchev–Trinajstić information content (AvgIpc) is 3.02. The highest BCUT2D eigenvalue weighted by molar-refractivity contribution is 5.14. The third kappa shape index (κ3) is 5.65. The normalized spacial score (nSPS) is 24.2. The molecule has 0 aliphatic heterocycles. The molecule has 1 N–H and O–H groups in total. The van der Waals surface area contributed by atoms with E-state index in [2.05, 4.69) is 63.1 Å². The summed E-state index contributed by atoms with van der Waals surface area (Å²) < 4.78 is 11.1. The molecule has 2 rings (SSSR count). The Morgan fingerprint density at radius 1 is 1.31 bits per heavy atom. The molecular weight excluding hydrogens is 326 g/mol. The lowest BCUT2D eigenvalue weighted by Gasteiger charge is -2.37. The lowest BCUT2D eigenvalue weighted by Crippen LogP contribution is -2.35. The van der Waals surface area contributed by atoms with Crippen molar-refractivity contribution < 1.29 is 9.15 Å². The number of ether oxygens (including phenoxy) is 1. The molecule has 5 heteroatoms. The maximum atomic E-state index is 5.94. The van der Waals surface area contributed by atoms with Crippen LogP contribution in [0.25, 0.3) is 0 Å². The van der Waals surface area contributed by atoms with E-state index in [1.54, 1.807) is 7.11 Å². The highest BCUT2D eigenvalue weighted by Gasteiger charge is 2.32. The van der Waals surface area contributed by atoms with E-state index in [0.717, 1.165) is 37.9 Å². The van der Waals surface area contributed by atoms with E-state index in [1.165, 1.54) is 12.0 Å². The van der Waals surface area contributed by atoms with Crippen LogP contribution in [0.3, 0.4) is 0 Å². The lowest BCUT2D eigenvalue weighted by atomic mass is 9.70. The topological polar surface area (TPSA) is 60.2 Å². The molecule has 5 nitrogen and oxygen atoms in total. The number of hydrogen-bond donors (Lipinski definition) is 1. The van der Waals surface area contributed by atoms with Gasteiger partial charge in [-0.15, -0.1) is 10.2 Å². The van der Waals surface area contributed by atoms with Crippen molar-refractivity contribution in [2.75, 3.05) is 26.8 Å². The zero-order valence-corrected chi connectivity index (χ0v) is 17.6. The Kier molecular flexibility index (Phi) is 7.42. The molecule has 0 aromatic carbocycles. The van der Waals surface area contributed by atoms with Crippen molar-refractivity contribution in [3.63, 3.8) is 0 Å². The molecule has 0 saturated heterocycles. The van der Waals surface area contributed by atoms with Crippen LogP contribution < -0.4 is 5.32 Å². The van der Waals surface area contributed by atoms with Gasteiger partial charge in [0.1, 0.15) is 0 Å². The fourth-order valence-corrected chi connectivity index (χ4v) is 3.80. The molecule has 0 spiro atoms. The molecule has 1 aliphatic rings. The second-order valence-corrected chi connectivity index (χ2v) is 9.07. The van der Waals surface area contributed by atoms with Crippen LogP contribution in [-0.2, 0) is 16.6 Å². The van der Waals surface area contributed by atoms with E-state index in [1.807, 2.05) is 0 Å². The first-order chi connectivity index (χ1) is 12.2. The monoisotopic (exact) mass is 363 g/mol. The van der Waals surface area contributed by atoms with Crippen molar-refractivity contribution in [2.45, 2.75) is 59.8 Å². The van der Waals surface area contributed by atoms with Gasteiger partial charge in [0.2, 0.25) is 11.8 Å². The zero-order chi connectivity index (χ0) is 19.3. The van der Waals surface area contributed by atoms with Crippen molar-refractivity contribution in [1.29, 1.82) is 0 Å². The summed E-state index contributed by atoms with van der Waals surface area (Å²) in [7, 11) is 1.75. The minimum Gasteiger partial charge on any atom is -0.425 e. The zero-order valence-electron chi connectivity index (χ0n) is 17.6. The van der Waals surface area contributed by atoms with E-state index in [-0.39, 0.29) is 5.41 Å². The quantitative estimate of drug-likeness (QED) is 0.559. The first kappa shape index (κ1) is 21.1. The highest BCUT2D eigenvalue weighted by atomic mass is 16.5. The summed E-state index contributed by atoms with van der Waals surface area (Å²) >= 11 is 0. The van der Waals surface area contributed by atoms with Gasteiger partial charge in [0.25, 0.3) is 0 Å². The molecule has 0 radical (unpaired) electrons. The summed E-state index contributed by atoms with van der Waals surface area (Å²) in [6, 6.07) is 0. The molecule has 1 aromatic heterocycles. The fourth-order valence-electron chi connectivity index (χ4n) is 3.80. The number of aromatic nitrogens is 2. The van der Waals surface area contributed by atoms with Gasteiger partial charge in [-0.1, -0.05) is 46.3 Å². The van der Waals surface area contributed by atoms with Gasteiger partial charge >= 0.3 is 0 Å². The molecular formula is C21H37N3O2. The molecule has 3 atom stereocenters. The Morgan fingerprint density at radius 2 is 2.04 bits per heavy atom. The van der Waals surface area contributed by atoms with E-state index in [4.69, 9.17) is 9.15 Å². The molecule has 0 fully saturated rings. The van der Waals surface area contributed by atoms with Crippen molar-refractivity contribution in [3.8, 4) is 0 Å². The number of methoxy groups -OCH3 is 1. The number of nitrogens with one attached hydrogen (secondary N) is 1. The summed E-state index contributed by atoms with van der Waals surface area (Å²) in [5, 5.41) is 12.1. The Labute approximate surface area is 159 Å². The summed E-state index contributed by atoms with van der Waals surface area (Å²) in [4.78, 5) is 0. The maximum absolute atomic E-state index is 5.94. The van der Waals surface area contributed by atoms with Crippen LogP contribution in [0.15, 0.2) is 16.1 Å². The van der Waals surface area contributed by atoms with Crippen LogP contribution in [0, 0.1) is 23.7 Å². The molecule has 1 aromatic rings. The van der Waals surface area contributed by atoms with Crippen LogP contribution >= 0.6 is 0 Å². The van der Waals surface area contributed by atoms with E-state index in [0.29, 0.717) is 23.7 Å². The largest absolute Gasteiger partial charge is 0.425 e. The van der Waals surface area contributed by atoms with Crippen LogP contribution in [0.5, 0.6) is 0 Å². The van der Waals surface area contributed by atoms with Gasteiger partial charge in [0, 0.05) is 32.0 Å². The number of nitrogens with zero attached hydrogens (tertiary/aromatic N) is 2. The number of hydrogen-bond acceptors (Lipinski definition) is 5. The first-order valence-electron chi connectivity index (χ1n) is 9.93. The van der Waals surface area contributed by atoms with Gasteiger partial charge in [0.15, 0.2) is 0 Å². The molecule has 1 heterocycles. The van der Waals surface area contributed by atoms with Crippen molar-refractivity contribution in [1.82, 2.24) is 15.5 Å². The summed E-state index contributed by atoms with van der Waals surface area (Å²) in [6.45, 7) is 15.9. The second-order valence-electron chi connectivity index (χ2n) is 9.07. The van der Waals surface area contributed by atoms with Crippen molar-refractivity contribution in [2.24, 2.45) is 23.7 Å². The Morgan fingerprint density at radius 3 is 2.62 bits per heavy atom. The van der Waals surface area contributed by atoms with Crippen molar-refractivity contribution >= 4 is 0 Å². The van der Waals surface area contributed by atoms with Gasteiger partial charge < -0.3 is 14.5 Å². The molecule has 3 unspecified atom stereocenters. The third-order valence-corrected chi connectivity index (χ3v) is 5.48. The SMILES string of the molecule is COCCNCC1C=C(C)C(Cc2nnc(C(C)(C)C)o2)CC1C(C)C. The standard InChI is InChI=1S/C21H37N3O2/c1-14(2)18-11-16(12-19-23-24-20(26-19)21(4,5)6)15(3)10-17(18)13-22-8-9-25-7/h10,14,16-18,22H,8-9,11-13H2,1-7H3. The maximum Gasteiger partial charge on any atom is 0.221 e. The van der Waals surface area contributed by atoms with Crippen molar-refractivity contribution in [3.05, 3.63) is 23.4 Å². The van der Waals surface area contributed by atoms with Crippen LogP contribution in [0.2, 0.25) is 0 Å². The van der Waals surface area contributed by atoms with Crippen LogP contribution in [0.1, 0.15) is 59.7 Å². The highest BCUT2D eigenvalue weighted by Crippen LogP contribution is 2.38. The summed E-state index contributed by atoms with van der Waals surface area (Å²) in [5.41, 5.74) is 1.36. The predicted octanol–water partition coefficient (Wildman–Crippen LogP) is 4.00. The number of rotatable bonds is 8. The van der Waals surface area contributed by atoms with Gasteiger partial charge in [0.05, 0.1) is 6.61 Å². The summed E-state index contributed by atoms with van der Waals surface area (Å²) in [6.07, 6.45) is 4.50. The number of allylic oxidation sites excluding steroid dienone is 1. The Balaban J connectivity index is 2.05. The average molecular weight is 364 g/mol. The lowest BCUT2D eigenvalue weighted by molar-refractivity contribution is 0.187. The Hall–Kier alpha value is -1.20. The molecule has 0 amide bonds. The Bertz CT molecular complexity index is 586. The van der Waals surface area contributed by atoms with Crippen LogP contribution in [0.4, 0.5) is 0 Å². The van der Waals surface area contributed by atoms with E-state index >= 15 is 0 Å².